The number of piperidine rings is 1. The van der Waals surface area contributed by atoms with Gasteiger partial charge < -0.3 is 9.64 Å². The number of benzene rings is 3. The van der Waals surface area contributed by atoms with Crippen LogP contribution in [0.25, 0.3) is 0 Å². The molecule has 180 valence electrons. The number of rotatable bonds is 8. The Morgan fingerprint density at radius 1 is 0.882 bits per heavy atom. The summed E-state index contributed by atoms with van der Waals surface area (Å²) in [5, 5.41) is 0.762. The summed E-state index contributed by atoms with van der Waals surface area (Å²) in [5.74, 6) is 0. The Labute approximate surface area is 215 Å². The Morgan fingerprint density at radius 3 is 2.24 bits per heavy atom. The summed E-state index contributed by atoms with van der Waals surface area (Å²) in [6.45, 7) is 2.27. The highest BCUT2D eigenvalue weighted by Crippen LogP contribution is 2.42. The monoisotopic (exact) mass is 495 g/mol. The van der Waals surface area contributed by atoms with Crippen molar-refractivity contribution >= 4 is 29.7 Å². The van der Waals surface area contributed by atoms with Gasteiger partial charge in [0.15, 0.2) is 0 Å². The van der Waals surface area contributed by atoms with E-state index in [1.807, 2.05) is 12.1 Å². The molecule has 2 fully saturated rings. The van der Waals surface area contributed by atoms with Crippen LogP contribution >= 0.6 is 24.0 Å². The van der Waals surface area contributed by atoms with Crippen molar-refractivity contribution in [2.45, 2.75) is 76.2 Å². The number of hydrogen-bond donors (Lipinski definition) is 0. The van der Waals surface area contributed by atoms with Crippen molar-refractivity contribution in [2.24, 2.45) is 0 Å². The minimum absolute atomic E-state index is 0. The molecule has 0 saturated carbocycles. The van der Waals surface area contributed by atoms with Gasteiger partial charge in [-0.15, -0.1) is 12.4 Å². The van der Waals surface area contributed by atoms with E-state index in [2.05, 4.69) is 78.6 Å². The van der Waals surface area contributed by atoms with Gasteiger partial charge in [0, 0.05) is 22.8 Å². The topological polar surface area (TPSA) is 12.5 Å². The van der Waals surface area contributed by atoms with Gasteiger partial charge in [-0.05, 0) is 79.5 Å². The first kappa shape index (κ1) is 25.1. The molecule has 4 heteroatoms. The molecular weight excluding hydrogens is 461 g/mol. The highest BCUT2D eigenvalue weighted by Gasteiger charge is 2.42. The van der Waals surface area contributed by atoms with Crippen LogP contribution in [0.1, 0.15) is 68.2 Å². The third kappa shape index (κ3) is 5.62. The van der Waals surface area contributed by atoms with Gasteiger partial charge in [-0.1, -0.05) is 79.5 Å². The Bertz CT molecular complexity index is 1030. The number of anilines is 1. The van der Waals surface area contributed by atoms with Crippen LogP contribution in [0, 0.1) is 0 Å². The fraction of sp³-hybridized carbons (Fsp3) is 0.400. The normalized spacial score (nSPS) is 22.3. The second kappa shape index (κ2) is 11.6. The molecule has 2 unspecified atom stereocenters. The van der Waals surface area contributed by atoms with E-state index in [1.54, 1.807) is 0 Å². The molecule has 0 amide bonds. The van der Waals surface area contributed by atoms with Gasteiger partial charge in [-0.3, -0.25) is 0 Å². The van der Waals surface area contributed by atoms with Crippen molar-refractivity contribution < 1.29 is 4.74 Å². The third-order valence-corrected chi connectivity index (χ3v) is 7.57. The molecule has 2 bridgehead atoms. The van der Waals surface area contributed by atoms with E-state index in [9.17, 15) is 0 Å². The van der Waals surface area contributed by atoms with Gasteiger partial charge in [0.25, 0.3) is 0 Å². The fourth-order valence-corrected chi connectivity index (χ4v) is 5.85. The first-order chi connectivity index (χ1) is 16.2. The molecule has 3 aromatic carbocycles. The smallest absolute Gasteiger partial charge is 0.108 e. The number of hydrogen-bond acceptors (Lipinski definition) is 2. The van der Waals surface area contributed by atoms with E-state index in [1.165, 1.54) is 54.5 Å². The first-order valence-electron chi connectivity index (χ1n) is 12.5. The Morgan fingerprint density at radius 2 is 1.56 bits per heavy atom. The van der Waals surface area contributed by atoms with Crippen molar-refractivity contribution in [3.05, 3.63) is 101 Å². The molecular formula is C30H35Cl2NO. The molecule has 34 heavy (non-hydrogen) atoms. The number of aryl methyl sites for hydroxylation is 1. The zero-order valence-electron chi connectivity index (χ0n) is 19.9. The second-order valence-corrected chi connectivity index (χ2v) is 10.1. The van der Waals surface area contributed by atoms with Crippen molar-refractivity contribution in [1.82, 2.24) is 0 Å². The van der Waals surface area contributed by atoms with Crippen LogP contribution in [0.5, 0.6) is 0 Å². The molecule has 2 saturated heterocycles. The second-order valence-electron chi connectivity index (χ2n) is 9.64. The number of halogens is 2. The maximum absolute atomic E-state index is 6.88. The largest absolute Gasteiger partial charge is 0.365 e. The van der Waals surface area contributed by atoms with E-state index in [0.29, 0.717) is 12.1 Å². The minimum atomic E-state index is -0.0585. The standard InChI is InChI=1S/C30H34ClNO.ClH/c1-2-3-8-22-9-7-12-26(19-22)32-27-17-18-28(32)21-29(20-27)33-30(23-10-5-4-6-11-23)24-13-15-25(31)16-14-24;/h4-7,9-16,19,27-30H,2-3,8,17-18,20-21H2,1H3;1H/t27-,28+,29?,30?;. The van der Waals surface area contributed by atoms with E-state index in [4.69, 9.17) is 16.3 Å². The lowest BCUT2D eigenvalue weighted by Crippen LogP contribution is -2.46. The summed E-state index contributed by atoms with van der Waals surface area (Å²) < 4.78 is 6.88. The fourth-order valence-electron chi connectivity index (χ4n) is 5.72. The average Bonchev–Trinajstić information content (AvgIpc) is 3.12. The van der Waals surface area contributed by atoms with Gasteiger partial charge in [0.2, 0.25) is 0 Å². The van der Waals surface area contributed by atoms with Crippen LogP contribution < -0.4 is 4.90 Å². The quantitative estimate of drug-likeness (QED) is 0.310. The Kier molecular flexibility index (Phi) is 8.58. The number of unbranched alkanes of at least 4 members (excludes halogenated alkanes) is 1. The molecule has 5 rings (SSSR count). The molecule has 4 atom stereocenters. The van der Waals surface area contributed by atoms with Gasteiger partial charge in [0.05, 0.1) is 6.10 Å². The van der Waals surface area contributed by atoms with Crippen LogP contribution in [-0.4, -0.2) is 18.2 Å². The molecule has 0 N–H and O–H groups in total. The van der Waals surface area contributed by atoms with Gasteiger partial charge >= 0.3 is 0 Å². The van der Waals surface area contributed by atoms with Crippen LogP contribution in [-0.2, 0) is 11.2 Å². The zero-order chi connectivity index (χ0) is 22.6. The molecule has 0 aliphatic carbocycles. The van der Waals surface area contributed by atoms with E-state index >= 15 is 0 Å². The molecule has 0 radical (unpaired) electrons. The summed E-state index contributed by atoms with van der Waals surface area (Å²) in [5.41, 5.74) is 5.26. The number of fused-ring (bicyclic) bond motifs is 2. The van der Waals surface area contributed by atoms with Crippen LogP contribution in [0.4, 0.5) is 5.69 Å². The Balaban J connectivity index is 0.00000274. The van der Waals surface area contributed by atoms with E-state index < -0.39 is 0 Å². The van der Waals surface area contributed by atoms with Crippen molar-refractivity contribution in [3.8, 4) is 0 Å². The summed E-state index contributed by atoms with van der Waals surface area (Å²) in [6, 6.07) is 29.1. The highest BCUT2D eigenvalue weighted by atomic mass is 35.5. The Hall–Kier alpha value is -2.00. The zero-order valence-corrected chi connectivity index (χ0v) is 21.5. The summed E-state index contributed by atoms with van der Waals surface area (Å²) in [6.07, 6.45) is 8.60. The van der Waals surface area contributed by atoms with Gasteiger partial charge in [0.1, 0.15) is 6.10 Å². The summed E-state index contributed by atoms with van der Waals surface area (Å²) >= 11 is 6.17. The lowest BCUT2D eigenvalue weighted by atomic mass is 9.96. The molecule has 2 nitrogen and oxygen atoms in total. The summed E-state index contributed by atoms with van der Waals surface area (Å²) in [7, 11) is 0. The van der Waals surface area contributed by atoms with E-state index in [0.717, 1.165) is 17.9 Å². The lowest BCUT2D eigenvalue weighted by molar-refractivity contribution is -0.0132. The predicted molar refractivity (Wildman–Crippen MR) is 145 cm³/mol. The third-order valence-electron chi connectivity index (χ3n) is 7.32. The van der Waals surface area contributed by atoms with Crippen molar-refractivity contribution in [2.75, 3.05) is 4.90 Å². The lowest BCUT2D eigenvalue weighted by Gasteiger charge is -2.41. The predicted octanol–water partition coefficient (Wildman–Crippen LogP) is 8.41. The first-order valence-corrected chi connectivity index (χ1v) is 12.9. The summed E-state index contributed by atoms with van der Waals surface area (Å²) in [4.78, 5) is 2.70. The van der Waals surface area contributed by atoms with Crippen molar-refractivity contribution in [3.63, 3.8) is 0 Å². The van der Waals surface area contributed by atoms with Gasteiger partial charge in [-0.25, -0.2) is 0 Å². The molecule has 0 aromatic heterocycles. The average molecular weight is 497 g/mol. The molecule has 3 aromatic rings. The molecule has 2 aliphatic heterocycles. The molecule has 0 spiro atoms. The molecule has 2 aliphatic rings. The number of ether oxygens (including phenoxy) is 1. The van der Waals surface area contributed by atoms with Gasteiger partial charge in [-0.2, -0.15) is 0 Å². The van der Waals surface area contributed by atoms with Crippen LogP contribution in [0.3, 0.4) is 0 Å². The van der Waals surface area contributed by atoms with Crippen LogP contribution in [0.15, 0.2) is 78.9 Å². The minimum Gasteiger partial charge on any atom is -0.365 e. The highest BCUT2D eigenvalue weighted by molar-refractivity contribution is 6.30. The maximum atomic E-state index is 6.88. The van der Waals surface area contributed by atoms with Crippen molar-refractivity contribution in [1.29, 1.82) is 0 Å². The SMILES string of the molecule is CCCCc1cccc(N2[C@@H]3CC[C@H]2CC(OC(c2ccccc2)c2ccc(Cl)cc2)C3)c1.Cl. The number of nitrogens with zero attached hydrogens (tertiary/aromatic N) is 1. The molecule has 2 heterocycles. The maximum Gasteiger partial charge on any atom is 0.108 e. The van der Waals surface area contributed by atoms with Crippen LogP contribution in [0.2, 0.25) is 5.02 Å². The van der Waals surface area contributed by atoms with E-state index in [-0.39, 0.29) is 24.6 Å².